The first-order valence-electron chi connectivity index (χ1n) is 5.56. The lowest BCUT2D eigenvalue weighted by molar-refractivity contribution is 0.474. The third-order valence-corrected chi connectivity index (χ3v) is 3.58. The highest BCUT2D eigenvalue weighted by molar-refractivity contribution is 6.45. The van der Waals surface area contributed by atoms with Gasteiger partial charge in [0.15, 0.2) is 11.0 Å². The summed E-state index contributed by atoms with van der Waals surface area (Å²) in [5.41, 5.74) is 3.06. The largest absolute Gasteiger partial charge is 0.507 e. The summed E-state index contributed by atoms with van der Waals surface area (Å²) in [7, 11) is 0. The molecular weight excluding hydrogens is 335 g/mol. The number of halogens is 3. The number of nitrogens with zero attached hydrogens (tertiary/aromatic N) is 3. The first kappa shape index (κ1) is 15.4. The molecule has 2 aromatic rings. The summed E-state index contributed by atoms with van der Waals surface area (Å²) in [5.74, 6) is 0.190. The van der Waals surface area contributed by atoms with Crippen molar-refractivity contribution in [1.29, 1.82) is 5.26 Å². The molecule has 0 saturated heterocycles. The van der Waals surface area contributed by atoms with E-state index in [9.17, 15) is 5.11 Å². The molecule has 0 amide bonds. The SMILES string of the molecule is N#Cc1c(Cl)nc(N/N=C/c2ccccc2O)c(Cl)c1Cl. The van der Waals surface area contributed by atoms with E-state index in [4.69, 9.17) is 40.1 Å². The summed E-state index contributed by atoms with van der Waals surface area (Å²) in [6.07, 6.45) is 1.38. The van der Waals surface area contributed by atoms with Gasteiger partial charge in [-0.2, -0.15) is 10.4 Å². The van der Waals surface area contributed by atoms with Gasteiger partial charge < -0.3 is 5.11 Å². The smallest absolute Gasteiger partial charge is 0.168 e. The van der Waals surface area contributed by atoms with Crippen LogP contribution < -0.4 is 5.43 Å². The topological polar surface area (TPSA) is 81.3 Å². The molecule has 0 spiro atoms. The molecular formula is C13H7Cl3N4O. The predicted octanol–water partition coefficient (Wildman–Crippen LogP) is 4.07. The summed E-state index contributed by atoms with van der Waals surface area (Å²) in [5, 5.41) is 22.3. The van der Waals surface area contributed by atoms with Crippen molar-refractivity contribution < 1.29 is 5.11 Å². The van der Waals surface area contributed by atoms with Gasteiger partial charge in [-0.1, -0.05) is 46.9 Å². The van der Waals surface area contributed by atoms with Crippen molar-refractivity contribution in [3.05, 3.63) is 50.6 Å². The van der Waals surface area contributed by atoms with Crippen molar-refractivity contribution in [2.24, 2.45) is 5.10 Å². The zero-order valence-electron chi connectivity index (χ0n) is 10.3. The van der Waals surface area contributed by atoms with E-state index in [1.54, 1.807) is 18.2 Å². The van der Waals surface area contributed by atoms with Crippen LogP contribution in [0.4, 0.5) is 5.82 Å². The molecule has 0 fully saturated rings. The molecule has 8 heteroatoms. The minimum Gasteiger partial charge on any atom is -0.507 e. The Labute approximate surface area is 135 Å². The number of nitriles is 1. The number of aromatic hydroxyl groups is 1. The molecule has 2 rings (SSSR count). The second-order valence-electron chi connectivity index (χ2n) is 3.79. The Morgan fingerprint density at radius 1 is 1.24 bits per heavy atom. The Morgan fingerprint density at radius 3 is 2.62 bits per heavy atom. The lowest BCUT2D eigenvalue weighted by Crippen LogP contribution is -1.98. The van der Waals surface area contributed by atoms with Gasteiger partial charge in [0.1, 0.15) is 22.4 Å². The first-order valence-corrected chi connectivity index (χ1v) is 6.69. The van der Waals surface area contributed by atoms with Crippen LogP contribution in [0.3, 0.4) is 0 Å². The molecule has 106 valence electrons. The summed E-state index contributed by atoms with van der Waals surface area (Å²) in [6, 6.07) is 8.46. The molecule has 2 N–H and O–H groups in total. The number of hydrogen-bond donors (Lipinski definition) is 2. The van der Waals surface area contributed by atoms with E-state index in [0.717, 1.165) is 0 Å². The normalized spacial score (nSPS) is 10.6. The lowest BCUT2D eigenvalue weighted by atomic mass is 10.2. The van der Waals surface area contributed by atoms with Crippen LogP contribution in [0.2, 0.25) is 15.2 Å². The van der Waals surface area contributed by atoms with Crippen LogP contribution in [0.25, 0.3) is 0 Å². The fourth-order valence-electron chi connectivity index (χ4n) is 1.44. The molecule has 1 aromatic carbocycles. The van der Waals surface area contributed by atoms with E-state index < -0.39 is 0 Å². The van der Waals surface area contributed by atoms with Crippen molar-refractivity contribution in [2.45, 2.75) is 0 Å². The van der Waals surface area contributed by atoms with E-state index in [-0.39, 0.29) is 32.3 Å². The molecule has 0 aliphatic heterocycles. The van der Waals surface area contributed by atoms with E-state index >= 15 is 0 Å². The number of aromatic nitrogens is 1. The Kier molecular flexibility index (Phi) is 4.86. The van der Waals surface area contributed by atoms with Crippen LogP contribution in [0.5, 0.6) is 5.75 Å². The molecule has 21 heavy (non-hydrogen) atoms. The maximum Gasteiger partial charge on any atom is 0.168 e. The monoisotopic (exact) mass is 340 g/mol. The highest BCUT2D eigenvalue weighted by Gasteiger charge is 2.15. The maximum absolute atomic E-state index is 9.58. The minimum atomic E-state index is -0.0767. The standard InChI is InChI=1S/C13H7Cl3N4O/c14-10-8(5-17)12(16)19-13(11(10)15)20-18-6-7-3-1-2-4-9(7)21/h1-4,6,21H,(H,19,20)/b18-6+. The fraction of sp³-hybridized carbons (Fsp3) is 0. The lowest BCUT2D eigenvalue weighted by Gasteiger charge is -2.06. The molecule has 0 unspecified atom stereocenters. The molecule has 0 aliphatic rings. The molecule has 0 aliphatic carbocycles. The predicted molar refractivity (Wildman–Crippen MR) is 83.3 cm³/mol. The Balaban J connectivity index is 2.26. The van der Waals surface area contributed by atoms with Gasteiger partial charge >= 0.3 is 0 Å². The number of phenolic OH excluding ortho intramolecular Hbond substituents is 1. The molecule has 0 bridgehead atoms. The van der Waals surface area contributed by atoms with Crippen LogP contribution in [0, 0.1) is 11.3 Å². The van der Waals surface area contributed by atoms with E-state index in [0.29, 0.717) is 5.56 Å². The van der Waals surface area contributed by atoms with Gasteiger partial charge in [-0.05, 0) is 12.1 Å². The highest BCUT2D eigenvalue weighted by Crippen LogP contribution is 2.34. The quantitative estimate of drug-likeness (QED) is 0.501. The van der Waals surface area contributed by atoms with Crippen LogP contribution in [-0.2, 0) is 0 Å². The number of nitrogens with one attached hydrogen (secondary N) is 1. The number of para-hydroxylation sites is 1. The van der Waals surface area contributed by atoms with Gasteiger partial charge in [0.05, 0.1) is 11.2 Å². The number of phenols is 1. The van der Waals surface area contributed by atoms with Crippen molar-refractivity contribution in [3.63, 3.8) is 0 Å². The van der Waals surface area contributed by atoms with E-state index in [2.05, 4.69) is 15.5 Å². The summed E-state index contributed by atoms with van der Waals surface area (Å²) in [6.45, 7) is 0. The molecule has 0 saturated carbocycles. The fourth-order valence-corrected chi connectivity index (χ4v) is 2.11. The van der Waals surface area contributed by atoms with Gasteiger partial charge in [-0.15, -0.1) is 0 Å². The highest BCUT2D eigenvalue weighted by atomic mass is 35.5. The van der Waals surface area contributed by atoms with Gasteiger partial charge in [0.25, 0.3) is 0 Å². The number of hydrogen-bond acceptors (Lipinski definition) is 5. The van der Waals surface area contributed by atoms with Gasteiger partial charge in [-0.3, -0.25) is 5.43 Å². The van der Waals surface area contributed by atoms with Gasteiger partial charge in [-0.25, -0.2) is 4.98 Å². The van der Waals surface area contributed by atoms with E-state index in [1.165, 1.54) is 12.3 Å². The molecule has 5 nitrogen and oxygen atoms in total. The van der Waals surface area contributed by atoms with Crippen molar-refractivity contribution in [3.8, 4) is 11.8 Å². The number of benzene rings is 1. The maximum atomic E-state index is 9.58. The number of anilines is 1. The van der Waals surface area contributed by atoms with Crippen molar-refractivity contribution in [2.75, 3.05) is 5.43 Å². The molecule has 0 radical (unpaired) electrons. The summed E-state index contributed by atoms with van der Waals surface area (Å²) >= 11 is 17.7. The Morgan fingerprint density at radius 2 is 1.95 bits per heavy atom. The first-order chi connectivity index (χ1) is 10.0. The average Bonchev–Trinajstić information content (AvgIpc) is 2.46. The second kappa shape index (κ2) is 6.64. The average molecular weight is 342 g/mol. The second-order valence-corrected chi connectivity index (χ2v) is 4.91. The van der Waals surface area contributed by atoms with Gasteiger partial charge in [0.2, 0.25) is 0 Å². The third kappa shape index (κ3) is 3.37. The third-order valence-electron chi connectivity index (χ3n) is 2.46. The van der Waals surface area contributed by atoms with Crippen LogP contribution in [0.1, 0.15) is 11.1 Å². The van der Waals surface area contributed by atoms with Crippen LogP contribution in [0.15, 0.2) is 29.4 Å². The van der Waals surface area contributed by atoms with E-state index in [1.807, 2.05) is 6.07 Å². The summed E-state index contributed by atoms with van der Waals surface area (Å²) < 4.78 is 0. The number of rotatable bonds is 3. The van der Waals surface area contributed by atoms with Crippen molar-refractivity contribution in [1.82, 2.24) is 4.98 Å². The Hall–Kier alpha value is -2.00. The summed E-state index contributed by atoms with van der Waals surface area (Å²) in [4.78, 5) is 3.90. The number of hydrazone groups is 1. The van der Waals surface area contributed by atoms with Crippen LogP contribution >= 0.6 is 34.8 Å². The Bertz CT molecular complexity index is 756. The zero-order valence-corrected chi connectivity index (χ0v) is 12.6. The molecule has 1 aromatic heterocycles. The van der Waals surface area contributed by atoms with Crippen molar-refractivity contribution >= 4 is 46.8 Å². The molecule has 0 atom stereocenters. The van der Waals surface area contributed by atoms with Crippen LogP contribution in [-0.4, -0.2) is 16.3 Å². The molecule has 1 heterocycles. The van der Waals surface area contributed by atoms with Gasteiger partial charge in [0, 0.05) is 5.56 Å². The number of pyridine rings is 1. The minimum absolute atomic E-state index is 0.000532. The zero-order chi connectivity index (χ0) is 15.4.